The fourth-order valence-electron chi connectivity index (χ4n) is 6.21. The Hall–Kier alpha value is -1.44. The summed E-state index contributed by atoms with van der Waals surface area (Å²) in [6, 6.07) is 0. The van der Waals surface area contributed by atoms with Crippen molar-refractivity contribution in [2.75, 3.05) is 26.4 Å². The second-order valence-corrected chi connectivity index (χ2v) is 16.4. The number of hydrogen-bond acceptors (Lipinski definition) is 7. The van der Waals surface area contributed by atoms with E-state index in [0.29, 0.717) is 6.42 Å². The summed E-state index contributed by atoms with van der Waals surface area (Å²) in [5, 5.41) is 0. The number of unbranched alkanes of at least 4 members (excludes halogenated alkanes) is 26. The zero-order chi connectivity index (χ0) is 39.5. The van der Waals surface area contributed by atoms with Crippen molar-refractivity contribution in [1.29, 1.82) is 0 Å². The molecule has 0 aromatic rings. The summed E-state index contributed by atoms with van der Waals surface area (Å²) >= 11 is 0. The fourth-order valence-corrected chi connectivity index (χ4v) is 6.97. The standard InChI is InChI=1S/C45H86NO7P/c1-3-5-7-9-11-13-15-17-19-21-22-23-24-26-28-30-32-34-36-38-45(47)51-42-44(43-53-54(48,49)52-41-39-46)50-40-37-35-33-31-29-27-25-20-18-16-14-12-10-8-6-4-2/h17-20,37,40,44H,3-16,21-36,38-39,41-43,46H2,1-2H3,(H,48,49)/t44-/m1/s1. The highest BCUT2D eigenvalue weighted by molar-refractivity contribution is 7.47. The zero-order valence-electron chi connectivity index (χ0n) is 35.2. The molecule has 0 aliphatic rings. The lowest BCUT2D eigenvalue weighted by molar-refractivity contribution is -0.147. The van der Waals surface area contributed by atoms with Gasteiger partial charge in [0.1, 0.15) is 6.61 Å². The number of hydrogen-bond donors (Lipinski definition) is 2. The number of carbonyl (C=O) groups excluding carboxylic acids is 1. The van der Waals surface area contributed by atoms with Gasteiger partial charge in [-0.1, -0.05) is 160 Å². The number of carbonyl (C=O) groups is 1. The summed E-state index contributed by atoms with van der Waals surface area (Å²) in [6.45, 7) is 4.21. The van der Waals surface area contributed by atoms with Gasteiger partial charge in [-0.2, -0.15) is 0 Å². The van der Waals surface area contributed by atoms with Crippen molar-refractivity contribution in [2.45, 2.75) is 219 Å². The van der Waals surface area contributed by atoms with Crippen LogP contribution in [-0.2, 0) is 27.9 Å². The molecule has 0 aliphatic carbocycles. The van der Waals surface area contributed by atoms with Gasteiger partial charge >= 0.3 is 13.8 Å². The second kappa shape index (κ2) is 42.7. The number of phosphoric acid groups is 1. The maximum absolute atomic E-state index is 12.4. The van der Waals surface area contributed by atoms with E-state index in [4.69, 9.17) is 24.3 Å². The van der Waals surface area contributed by atoms with Gasteiger partial charge in [-0.25, -0.2) is 4.57 Å². The third-order valence-corrected chi connectivity index (χ3v) is 10.6. The Balaban J connectivity index is 4.05. The topological polar surface area (TPSA) is 117 Å². The van der Waals surface area contributed by atoms with E-state index in [1.165, 1.54) is 148 Å². The van der Waals surface area contributed by atoms with Crippen LogP contribution in [0.15, 0.2) is 36.6 Å². The first-order chi connectivity index (χ1) is 26.4. The van der Waals surface area contributed by atoms with Gasteiger partial charge in [0.2, 0.25) is 0 Å². The van der Waals surface area contributed by atoms with E-state index in [2.05, 4.69) is 38.2 Å². The third-order valence-electron chi connectivity index (χ3n) is 9.62. The Morgan fingerprint density at radius 1 is 0.556 bits per heavy atom. The zero-order valence-corrected chi connectivity index (χ0v) is 36.1. The van der Waals surface area contributed by atoms with Gasteiger partial charge in [0.15, 0.2) is 6.10 Å². The van der Waals surface area contributed by atoms with Gasteiger partial charge in [-0.3, -0.25) is 13.8 Å². The Morgan fingerprint density at radius 3 is 1.37 bits per heavy atom. The monoisotopic (exact) mass is 784 g/mol. The van der Waals surface area contributed by atoms with Crippen molar-refractivity contribution in [1.82, 2.24) is 0 Å². The largest absolute Gasteiger partial charge is 0.492 e. The number of phosphoric ester groups is 1. The van der Waals surface area contributed by atoms with Crippen LogP contribution in [0.4, 0.5) is 0 Å². The summed E-state index contributed by atoms with van der Waals surface area (Å²) in [6.07, 6.45) is 49.8. The molecular weight excluding hydrogens is 697 g/mol. The van der Waals surface area contributed by atoms with Crippen LogP contribution in [0.3, 0.4) is 0 Å². The number of ether oxygens (including phenoxy) is 2. The molecule has 318 valence electrons. The molecule has 0 heterocycles. The average Bonchev–Trinajstić information content (AvgIpc) is 3.16. The first-order valence-electron chi connectivity index (χ1n) is 22.5. The molecule has 0 saturated heterocycles. The summed E-state index contributed by atoms with van der Waals surface area (Å²) in [7, 11) is -4.27. The Labute approximate surface area is 333 Å². The maximum atomic E-state index is 12.4. The van der Waals surface area contributed by atoms with E-state index in [9.17, 15) is 14.3 Å². The lowest BCUT2D eigenvalue weighted by Crippen LogP contribution is -2.25. The molecule has 8 nitrogen and oxygen atoms in total. The normalized spacial score (nSPS) is 13.7. The van der Waals surface area contributed by atoms with Crippen molar-refractivity contribution in [3.63, 3.8) is 0 Å². The van der Waals surface area contributed by atoms with Gasteiger partial charge < -0.3 is 20.1 Å². The lowest BCUT2D eigenvalue weighted by atomic mass is 10.1. The van der Waals surface area contributed by atoms with Crippen LogP contribution >= 0.6 is 7.82 Å². The molecule has 0 rings (SSSR count). The minimum atomic E-state index is -4.27. The molecule has 3 N–H and O–H groups in total. The molecular formula is C45H86NO7P. The number of esters is 1. The van der Waals surface area contributed by atoms with Crippen LogP contribution < -0.4 is 5.73 Å². The maximum Gasteiger partial charge on any atom is 0.472 e. The van der Waals surface area contributed by atoms with E-state index in [0.717, 1.165) is 44.9 Å². The van der Waals surface area contributed by atoms with Gasteiger partial charge in [0, 0.05) is 13.0 Å². The summed E-state index contributed by atoms with van der Waals surface area (Å²) < 4.78 is 33.2. The van der Waals surface area contributed by atoms with Crippen LogP contribution in [0.1, 0.15) is 213 Å². The van der Waals surface area contributed by atoms with E-state index < -0.39 is 13.9 Å². The molecule has 0 aromatic carbocycles. The quantitative estimate of drug-likeness (QED) is 0.0206. The minimum Gasteiger partial charge on any atom is -0.492 e. The number of nitrogens with two attached hydrogens (primary N) is 1. The van der Waals surface area contributed by atoms with Crippen molar-refractivity contribution in [3.05, 3.63) is 36.6 Å². The van der Waals surface area contributed by atoms with Crippen molar-refractivity contribution in [2.24, 2.45) is 5.73 Å². The summed E-state index contributed by atoms with van der Waals surface area (Å²) in [4.78, 5) is 22.3. The highest BCUT2D eigenvalue weighted by Gasteiger charge is 2.24. The van der Waals surface area contributed by atoms with E-state index in [-0.39, 0.29) is 32.3 Å². The molecule has 0 bridgehead atoms. The third kappa shape index (κ3) is 41.7. The summed E-state index contributed by atoms with van der Waals surface area (Å²) in [5.41, 5.74) is 5.37. The molecule has 0 fully saturated rings. The van der Waals surface area contributed by atoms with Gasteiger partial charge in [0.25, 0.3) is 0 Å². The van der Waals surface area contributed by atoms with Gasteiger partial charge in [0.05, 0.1) is 19.5 Å². The molecule has 1 unspecified atom stereocenters. The number of rotatable bonds is 43. The highest BCUT2D eigenvalue weighted by atomic mass is 31.2. The molecule has 0 spiro atoms. The molecule has 2 atom stereocenters. The summed E-state index contributed by atoms with van der Waals surface area (Å²) in [5.74, 6) is -0.294. The molecule has 9 heteroatoms. The molecule has 0 amide bonds. The van der Waals surface area contributed by atoms with Crippen molar-refractivity contribution >= 4 is 13.8 Å². The average molecular weight is 784 g/mol. The van der Waals surface area contributed by atoms with Gasteiger partial charge in [-0.05, 0) is 76.7 Å². The Morgan fingerprint density at radius 2 is 0.944 bits per heavy atom. The van der Waals surface area contributed by atoms with E-state index >= 15 is 0 Å². The minimum absolute atomic E-state index is 0.0681. The fraction of sp³-hybridized carbons (Fsp3) is 0.844. The predicted molar refractivity (Wildman–Crippen MR) is 229 cm³/mol. The van der Waals surface area contributed by atoms with Crippen LogP contribution in [0.5, 0.6) is 0 Å². The second-order valence-electron chi connectivity index (χ2n) is 15.0. The van der Waals surface area contributed by atoms with E-state index in [1.807, 2.05) is 6.08 Å². The van der Waals surface area contributed by atoms with E-state index in [1.54, 1.807) is 6.26 Å². The molecule has 0 saturated carbocycles. The first-order valence-corrected chi connectivity index (χ1v) is 24.0. The van der Waals surface area contributed by atoms with Crippen molar-refractivity contribution < 1.29 is 32.8 Å². The first kappa shape index (κ1) is 52.6. The van der Waals surface area contributed by atoms with Crippen LogP contribution in [0.25, 0.3) is 0 Å². The van der Waals surface area contributed by atoms with Crippen LogP contribution in [0.2, 0.25) is 0 Å². The molecule has 0 radical (unpaired) electrons. The van der Waals surface area contributed by atoms with Crippen LogP contribution in [0, 0.1) is 0 Å². The molecule has 0 aromatic heterocycles. The smallest absolute Gasteiger partial charge is 0.472 e. The molecule has 54 heavy (non-hydrogen) atoms. The van der Waals surface area contributed by atoms with Crippen molar-refractivity contribution in [3.8, 4) is 0 Å². The lowest BCUT2D eigenvalue weighted by Gasteiger charge is -2.19. The predicted octanol–water partition coefficient (Wildman–Crippen LogP) is 13.8. The highest BCUT2D eigenvalue weighted by Crippen LogP contribution is 2.43. The molecule has 0 aliphatic heterocycles. The van der Waals surface area contributed by atoms with Gasteiger partial charge in [-0.15, -0.1) is 0 Å². The Bertz CT molecular complexity index is 926. The Kier molecular flexibility index (Phi) is 41.6. The SMILES string of the molecule is CCCCCCCCC=CCCCCCCC=CO[C@H](COC(=O)CCCCCCCCCCCC=CCCCCCCCC)COP(=O)(O)OCCN. The van der Waals surface area contributed by atoms with Crippen LogP contribution in [-0.4, -0.2) is 43.3 Å². The number of allylic oxidation sites excluding steroid dienone is 5.